The summed E-state index contributed by atoms with van der Waals surface area (Å²) in [7, 11) is -2.29. The number of sulfonamides is 1. The molecule has 1 fully saturated rings. The average molecular weight is 562 g/mol. The van der Waals surface area contributed by atoms with Gasteiger partial charge >= 0.3 is 0 Å². The van der Waals surface area contributed by atoms with E-state index in [1.165, 1.54) is 21.1 Å². The van der Waals surface area contributed by atoms with Crippen molar-refractivity contribution in [2.75, 3.05) is 19.7 Å². The Morgan fingerprint density at radius 2 is 1.88 bits per heavy atom. The van der Waals surface area contributed by atoms with Gasteiger partial charge in [0, 0.05) is 32.1 Å². The van der Waals surface area contributed by atoms with Gasteiger partial charge in [0.15, 0.2) is 11.3 Å². The van der Waals surface area contributed by atoms with E-state index in [1.807, 2.05) is 44.2 Å². The number of fused-ring (bicyclic) bond motifs is 1. The minimum atomic E-state index is -3.99. The number of ketones is 1. The molecule has 2 aromatic heterocycles. The number of nitrogens with one attached hydrogen (secondary N) is 1. The van der Waals surface area contributed by atoms with Crippen molar-refractivity contribution in [2.45, 2.75) is 38.0 Å². The highest BCUT2D eigenvalue weighted by atomic mass is 32.2. The van der Waals surface area contributed by atoms with Crippen LogP contribution in [0.4, 0.5) is 0 Å². The number of benzene rings is 2. The highest BCUT2D eigenvalue weighted by Crippen LogP contribution is 2.33. The Morgan fingerprint density at radius 1 is 1.10 bits per heavy atom. The second-order valence-electron chi connectivity index (χ2n) is 9.62. The van der Waals surface area contributed by atoms with Gasteiger partial charge in [-0.1, -0.05) is 43.7 Å². The molecule has 0 aliphatic carbocycles. The van der Waals surface area contributed by atoms with Crippen LogP contribution in [0, 0.1) is 0 Å². The van der Waals surface area contributed by atoms with Crippen molar-refractivity contribution in [3.8, 4) is 17.1 Å². The van der Waals surface area contributed by atoms with Crippen LogP contribution < -0.4 is 10.3 Å². The van der Waals surface area contributed by atoms with Crippen LogP contribution in [0.5, 0.6) is 5.75 Å². The van der Waals surface area contributed by atoms with Crippen LogP contribution in [0.2, 0.25) is 0 Å². The average Bonchev–Trinajstić information content (AvgIpc) is 3.26. The van der Waals surface area contributed by atoms with E-state index in [4.69, 9.17) is 9.72 Å². The number of aromatic amines is 1. The summed E-state index contributed by atoms with van der Waals surface area (Å²) in [6.07, 6.45) is 3.30. The Balaban J connectivity index is 1.57. The van der Waals surface area contributed by atoms with Crippen molar-refractivity contribution in [1.29, 1.82) is 0 Å². The lowest BCUT2D eigenvalue weighted by atomic mass is 10.0. The van der Waals surface area contributed by atoms with Crippen molar-refractivity contribution in [1.82, 2.24) is 24.1 Å². The van der Waals surface area contributed by atoms with E-state index in [0.717, 1.165) is 12.0 Å². The van der Waals surface area contributed by atoms with Gasteiger partial charge < -0.3 is 9.72 Å². The number of ether oxygens (including phenoxy) is 1. The van der Waals surface area contributed by atoms with Gasteiger partial charge in [0.05, 0.1) is 22.8 Å². The summed E-state index contributed by atoms with van der Waals surface area (Å²) in [6.45, 7) is 4.22. The Bertz CT molecular complexity index is 1770. The number of aromatic nitrogens is 4. The molecular weight excluding hydrogens is 530 g/mol. The smallest absolute Gasteiger partial charge is 0.277 e. The van der Waals surface area contributed by atoms with Crippen molar-refractivity contribution < 1.29 is 17.9 Å². The van der Waals surface area contributed by atoms with Gasteiger partial charge in [0.1, 0.15) is 17.1 Å². The van der Waals surface area contributed by atoms with Crippen LogP contribution in [-0.2, 0) is 28.3 Å². The third-order valence-corrected chi connectivity index (χ3v) is 8.67. The number of carbonyl (C=O) groups is 1. The van der Waals surface area contributed by atoms with E-state index in [0.29, 0.717) is 46.6 Å². The van der Waals surface area contributed by atoms with Crippen LogP contribution in [0.15, 0.2) is 63.8 Å². The summed E-state index contributed by atoms with van der Waals surface area (Å²) in [4.78, 5) is 33.2. The Hall–Kier alpha value is -4.09. The van der Waals surface area contributed by atoms with Gasteiger partial charge in [-0.25, -0.2) is 13.4 Å². The van der Waals surface area contributed by atoms with Crippen LogP contribution in [0.25, 0.3) is 28.5 Å². The first kappa shape index (κ1) is 27.5. The van der Waals surface area contributed by atoms with Crippen LogP contribution in [0.3, 0.4) is 0 Å². The normalized spacial score (nSPS) is 15.7. The third kappa shape index (κ3) is 5.22. The van der Waals surface area contributed by atoms with E-state index >= 15 is 0 Å². The van der Waals surface area contributed by atoms with Gasteiger partial charge in [-0.15, -0.1) is 0 Å². The first-order chi connectivity index (χ1) is 19.2. The molecule has 0 spiro atoms. The zero-order chi connectivity index (χ0) is 28.4. The van der Waals surface area contributed by atoms with Crippen molar-refractivity contribution >= 4 is 32.9 Å². The van der Waals surface area contributed by atoms with Crippen molar-refractivity contribution in [2.24, 2.45) is 7.05 Å². The summed E-state index contributed by atoms with van der Waals surface area (Å²) >= 11 is 0. The summed E-state index contributed by atoms with van der Waals surface area (Å²) < 4.78 is 36.2. The minimum absolute atomic E-state index is 0.0158. The van der Waals surface area contributed by atoms with Gasteiger partial charge in [0.25, 0.3) is 5.56 Å². The number of carbonyl (C=O) groups excluding carboxylic acids is 1. The van der Waals surface area contributed by atoms with E-state index in [1.54, 1.807) is 19.2 Å². The molecule has 0 saturated carbocycles. The molecule has 10 nitrogen and oxygen atoms in total. The number of piperidine rings is 1. The SMILES string of the molecule is CCCc1nn(C)c2c(=O)[nH]c(-c3cc(S(=O)(=O)N4CCC(=O)/C(=C\c5ccccc5)C4)ccc3OCC)nc12. The molecule has 40 heavy (non-hydrogen) atoms. The van der Waals surface area contributed by atoms with Crippen LogP contribution >= 0.6 is 0 Å². The standard InChI is InChI=1S/C29H31N5O5S/c1-4-9-23-26-27(33(3)32-23)29(36)31-28(30-26)22-17-21(12-13-25(22)39-5-2)40(37,38)34-15-14-24(35)20(18-34)16-19-10-7-6-8-11-19/h6-8,10-13,16-17H,4-5,9,14-15,18H2,1-3H3,(H,30,31,36)/b20-16-. The van der Waals surface area contributed by atoms with Crippen LogP contribution in [0.1, 0.15) is 37.9 Å². The van der Waals surface area contributed by atoms with Gasteiger partial charge in [-0.2, -0.15) is 9.40 Å². The van der Waals surface area contributed by atoms with E-state index < -0.39 is 10.0 Å². The molecule has 1 N–H and O–H groups in total. The molecule has 2 aromatic carbocycles. The first-order valence-electron chi connectivity index (χ1n) is 13.2. The van der Waals surface area contributed by atoms with Crippen molar-refractivity contribution in [3.05, 3.63) is 75.7 Å². The maximum Gasteiger partial charge on any atom is 0.277 e. The third-order valence-electron chi connectivity index (χ3n) is 6.83. The largest absolute Gasteiger partial charge is 0.493 e. The first-order valence-corrected chi connectivity index (χ1v) is 14.7. The predicted molar refractivity (Wildman–Crippen MR) is 153 cm³/mol. The lowest BCUT2D eigenvalue weighted by Gasteiger charge is -2.27. The van der Waals surface area contributed by atoms with Gasteiger partial charge in [-0.3, -0.25) is 14.3 Å². The second kappa shape index (κ2) is 11.2. The topological polar surface area (TPSA) is 127 Å². The molecule has 0 radical (unpaired) electrons. The fourth-order valence-corrected chi connectivity index (χ4v) is 6.34. The quantitative estimate of drug-likeness (QED) is 0.325. The Kier molecular flexibility index (Phi) is 7.68. The predicted octanol–water partition coefficient (Wildman–Crippen LogP) is 3.72. The second-order valence-corrected chi connectivity index (χ2v) is 11.6. The lowest BCUT2D eigenvalue weighted by molar-refractivity contribution is -0.116. The van der Waals surface area contributed by atoms with E-state index in [9.17, 15) is 18.0 Å². The van der Waals surface area contributed by atoms with Gasteiger partial charge in [0.2, 0.25) is 10.0 Å². The molecule has 1 aliphatic heterocycles. The zero-order valence-electron chi connectivity index (χ0n) is 22.7. The van der Waals surface area contributed by atoms with E-state index in [-0.39, 0.29) is 41.6 Å². The number of Topliss-reactive ketones (excluding diaryl/α,β-unsaturated/α-hetero) is 1. The van der Waals surface area contributed by atoms with Crippen molar-refractivity contribution in [3.63, 3.8) is 0 Å². The highest BCUT2D eigenvalue weighted by molar-refractivity contribution is 7.89. The highest BCUT2D eigenvalue weighted by Gasteiger charge is 2.32. The zero-order valence-corrected chi connectivity index (χ0v) is 23.5. The molecule has 4 aromatic rings. The molecule has 0 bridgehead atoms. The molecule has 0 atom stereocenters. The number of rotatable bonds is 8. The lowest BCUT2D eigenvalue weighted by Crippen LogP contribution is -2.40. The number of H-pyrrole nitrogens is 1. The monoisotopic (exact) mass is 561 g/mol. The summed E-state index contributed by atoms with van der Waals surface area (Å²) in [5.74, 6) is 0.516. The molecule has 5 rings (SSSR count). The maximum absolute atomic E-state index is 13.8. The Labute approximate surface area is 232 Å². The number of hydrogen-bond acceptors (Lipinski definition) is 7. The Morgan fingerprint density at radius 3 is 2.60 bits per heavy atom. The molecule has 11 heteroatoms. The molecule has 3 heterocycles. The summed E-state index contributed by atoms with van der Waals surface area (Å²) in [5.41, 5.74) is 2.76. The number of aryl methyl sites for hydroxylation is 2. The minimum Gasteiger partial charge on any atom is -0.493 e. The maximum atomic E-state index is 13.8. The molecular formula is C29H31N5O5S. The molecule has 0 amide bonds. The van der Waals surface area contributed by atoms with E-state index in [2.05, 4.69) is 10.1 Å². The summed E-state index contributed by atoms with van der Waals surface area (Å²) in [5, 5.41) is 4.46. The van der Waals surface area contributed by atoms with Gasteiger partial charge in [-0.05, 0) is 43.2 Å². The fourth-order valence-electron chi connectivity index (χ4n) is 4.89. The number of hydrogen-bond donors (Lipinski definition) is 1. The fraction of sp³-hybridized carbons (Fsp3) is 0.310. The molecule has 208 valence electrons. The molecule has 1 saturated heterocycles. The summed E-state index contributed by atoms with van der Waals surface area (Å²) in [6, 6.07) is 13.9. The number of nitrogens with zero attached hydrogens (tertiary/aromatic N) is 4. The molecule has 1 aliphatic rings. The molecule has 0 unspecified atom stereocenters. The van der Waals surface area contributed by atoms with Crippen LogP contribution in [-0.4, -0.2) is 58.0 Å².